The van der Waals surface area contributed by atoms with Gasteiger partial charge < -0.3 is 0 Å². The SMILES string of the molecule is Cc1ccc(C)c(S(=O)(=O)NN=C2CC(C)(C)N(S(=O)(=O)c3ccc(C(C)(C)C)cc3)C(C)(C)C2)c1. The molecule has 9 heteroatoms. The summed E-state index contributed by atoms with van der Waals surface area (Å²) in [5.41, 5.74) is 1.40. The van der Waals surface area contributed by atoms with Gasteiger partial charge >= 0.3 is 0 Å². The smallest absolute Gasteiger partial charge is 0.207 e. The van der Waals surface area contributed by atoms with E-state index in [1.54, 1.807) is 35.5 Å². The number of hydrogen-bond acceptors (Lipinski definition) is 5. The third-order valence-corrected chi connectivity index (χ3v) is 10.3. The zero-order valence-corrected chi connectivity index (χ0v) is 24.4. The van der Waals surface area contributed by atoms with Crippen molar-refractivity contribution in [3.05, 3.63) is 59.2 Å². The Balaban J connectivity index is 1.92. The highest BCUT2D eigenvalue weighted by atomic mass is 32.2. The first kappa shape index (κ1) is 28.3. The minimum absolute atomic E-state index is 0.0817. The van der Waals surface area contributed by atoms with Gasteiger partial charge in [0.1, 0.15) is 0 Å². The number of rotatable bonds is 5. The van der Waals surface area contributed by atoms with Crippen LogP contribution in [-0.4, -0.2) is 37.9 Å². The van der Waals surface area contributed by atoms with Gasteiger partial charge in [-0.15, -0.1) is 0 Å². The van der Waals surface area contributed by atoms with Gasteiger partial charge in [0.05, 0.1) is 9.79 Å². The fourth-order valence-electron chi connectivity index (χ4n) is 5.16. The highest BCUT2D eigenvalue weighted by Crippen LogP contribution is 2.41. The lowest BCUT2D eigenvalue weighted by atomic mass is 9.81. The second-order valence-corrected chi connectivity index (χ2v) is 15.5. The van der Waals surface area contributed by atoms with Crippen molar-refractivity contribution in [3.8, 4) is 0 Å². The summed E-state index contributed by atoms with van der Waals surface area (Å²) < 4.78 is 55.1. The van der Waals surface area contributed by atoms with Crippen LogP contribution < -0.4 is 4.83 Å². The number of hydrazone groups is 1. The molecule has 2 aromatic carbocycles. The Labute approximate surface area is 217 Å². The van der Waals surface area contributed by atoms with Crippen LogP contribution in [-0.2, 0) is 25.5 Å². The van der Waals surface area contributed by atoms with Gasteiger partial charge in [0.2, 0.25) is 10.0 Å². The van der Waals surface area contributed by atoms with E-state index in [1.165, 1.54) is 0 Å². The summed E-state index contributed by atoms with van der Waals surface area (Å²) >= 11 is 0. The van der Waals surface area contributed by atoms with Crippen molar-refractivity contribution in [2.24, 2.45) is 5.10 Å². The zero-order valence-electron chi connectivity index (χ0n) is 22.8. The molecule has 1 N–H and O–H groups in total. The largest absolute Gasteiger partial charge is 0.276 e. The second-order valence-electron chi connectivity index (χ2n) is 12.1. The van der Waals surface area contributed by atoms with Crippen LogP contribution in [0.5, 0.6) is 0 Å². The lowest BCUT2D eigenvalue weighted by Crippen LogP contribution is -2.63. The third-order valence-electron chi connectivity index (χ3n) is 6.59. The first-order valence-electron chi connectivity index (χ1n) is 12.1. The number of hydrogen-bond donors (Lipinski definition) is 1. The molecule has 0 amide bonds. The molecule has 1 aliphatic rings. The molecule has 0 aromatic heterocycles. The van der Waals surface area contributed by atoms with E-state index in [9.17, 15) is 16.8 Å². The molecule has 36 heavy (non-hydrogen) atoms. The van der Waals surface area contributed by atoms with Crippen LogP contribution in [0.15, 0.2) is 57.4 Å². The van der Waals surface area contributed by atoms with Crippen molar-refractivity contribution in [3.63, 3.8) is 0 Å². The molecule has 0 saturated carbocycles. The summed E-state index contributed by atoms with van der Waals surface area (Å²) in [6.45, 7) is 17.2. The molecular formula is C27H39N3O4S2. The molecule has 1 heterocycles. The first-order chi connectivity index (χ1) is 16.3. The van der Waals surface area contributed by atoms with Gasteiger partial charge in [-0.2, -0.15) is 17.8 Å². The van der Waals surface area contributed by atoms with Gasteiger partial charge in [-0.25, -0.2) is 13.2 Å². The van der Waals surface area contributed by atoms with Crippen LogP contribution in [0.25, 0.3) is 0 Å². The first-order valence-corrected chi connectivity index (χ1v) is 15.0. The van der Waals surface area contributed by atoms with Crippen LogP contribution in [0.1, 0.15) is 78.0 Å². The van der Waals surface area contributed by atoms with Gasteiger partial charge in [0.25, 0.3) is 10.0 Å². The van der Waals surface area contributed by atoms with Crippen LogP contribution in [0.3, 0.4) is 0 Å². The maximum atomic E-state index is 13.8. The van der Waals surface area contributed by atoms with Crippen LogP contribution in [0.4, 0.5) is 0 Å². The molecule has 198 valence electrons. The van der Waals surface area contributed by atoms with E-state index in [0.717, 1.165) is 11.1 Å². The maximum Gasteiger partial charge on any atom is 0.276 e. The third kappa shape index (κ3) is 5.68. The molecule has 3 rings (SSSR count). The van der Waals surface area contributed by atoms with Crippen molar-refractivity contribution < 1.29 is 16.8 Å². The molecule has 7 nitrogen and oxygen atoms in total. The standard InChI is InChI=1S/C27H39N3O4S2/c1-19-10-11-20(2)24(16-19)35(31,32)29-28-22-17-26(6,7)30(27(8,9)18-22)36(33,34)23-14-12-21(13-15-23)25(3,4)5/h10-16,29H,17-18H2,1-9H3. The molecule has 2 aromatic rings. The summed E-state index contributed by atoms with van der Waals surface area (Å²) in [5, 5.41) is 4.28. The molecule has 0 spiro atoms. The van der Waals surface area contributed by atoms with E-state index in [2.05, 4.69) is 30.7 Å². The average molecular weight is 534 g/mol. The van der Waals surface area contributed by atoms with Gasteiger partial charge in [-0.1, -0.05) is 45.0 Å². The Kier molecular flexibility index (Phi) is 7.29. The van der Waals surface area contributed by atoms with Crippen molar-refractivity contribution in [2.45, 2.75) is 101 Å². The Hall–Kier alpha value is -2.23. The fourth-order valence-corrected chi connectivity index (χ4v) is 8.46. The number of piperidine rings is 1. The van der Waals surface area contributed by atoms with E-state index in [4.69, 9.17) is 0 Å². The highest BCUT2D eigenvalue weighted by Gasteiger charge is 2.51. The van der Waals surface area contributed by atoms with Crippen LogP contribution >= 0.6 is 0 Å². The lowest BCUT2D eigenvalue weighted by molar-refractivity contribution is 0.103. The molecular weight excluding hydrogens is 494 g/mol. The predicted octanol–water partition coefficient (Wildman–Crippen LogP) is 5.28. The van der Waals surface area contributed by atoms with Gasteiger partial charge in [0.15, 0.2) is 0 Å². The minimum atomic E-state index is -3.86. The number of aryl methyl sites for hydroxylation is 2. The molecule has 0 bridgehead atoms. The monoisotopic (exact) mass is 533 g/mol. The quantitative estimate of drug-likeness (QED) is 0.529. The highest BCUT2D eigenvalue weighted by molar-refractivity contribution is 7.89. The van der Waals surface area contributed by atoms with E-state index < -0.39 is 31.1 Å². The molecule has 0 atom stereocenters. The van der Waals surface area contributed by atoms with Gasteiger partial charge in [-0.3, -0.25) is 0 Å². The van der Waals surface area contributed by atoms with Crippen molar-refractivity contribution in [2.75, 3.05) is 0 Å². The average Bonchev–Trinajstić information content (AvgIpc) is 2.71. The normalized spacial score (nSPS) is 18.6. The molecule has 0 aliphatic carbocycles. The zero-order chi connectivity index (χ0) is 27.3. The molecule has 1 fully saturated rings. The number of sulfonamides is 2. The summed E-state index contributed by atoms with van der Waals surface area (Å²) in [5.74, 6) is 0. The number of benzene rings is 2. The maximum absolute atomic E-state index is 13.8. The molecule has 0 unspecified atom stereocenters. The predicted molar refractivity (Wildman–Crippen MR) is 145 cm³/mol. The molecule has 0 radical (unpaired) electrons. The van der Waals surface area contributed by atoms with E-state index in [-0.39, 0.29) is 15.2 Å². The Morgan fingerprint density at radius 1 is 0.861 bits per heavy atom. The Morgan fingerprint density at radius 2 is 1.39 bits per heavy atom. The van der Waals surface area contributed by atoms with Crippen molar-refractivity contribution in [1.82, 2.24) is 9.14 Å². The van der Waals surface area contributed by atoms with Crippen molar-refractivity contribution >= 4 is 25.8 Å². The minimum Gasteiger partial charge on any atom is -0.207 e. The number of nitrogens with zero attached hydrogens (tertiary/aromatic N) is 2. The summed E-state index contributed by atoms with van der Waals surface area (Å²) in [6.07, 6.45) is 0.593. The second kappa shape index (κ2) is 9.26. The van der Waals surface area contributed by atoms with E-state index >= 15 is 0 Å². The van der Waals surface area contributed by atoms with Crippen LogP contribution in [0, 0.1) is 13.8 Å². The van der Waals surface area contributed by atoms with Crippen LogP contribution in [0.2, 0.25) is 0 Å². The summed E-state index contributed by atoms with van der Waals surface area (Å²) in [4.78, 5) is 2.81. The number of nitrogens with one attached hydrogen (secondary N) is 1. The summed E-state index contributed by atoms with van der Waals surface area (Å²) in [6, 6.07) is 12.3. The Morgan fingerprint density at radius 3 is 1.89 bits per heavy atom. The molecule has 1 aliphatic heterocycles. The van der Waals surface area contributed by atoms with E-state index in [0.29, 0.717) is 24.1 Å². The lowest BCUT2D eigenvalue weighted by Gasteiger charge is -2.51. The summed E-state index contributed by atoms with van der Waals surface area (Å²) in [7, 11) is -7.68. The van der Waals surface area contributed by atoms with Crippen molar-refractivity contribution in [1.29, 1.82) is 0 Å². The van der Waals surface area contributed by atoms with E-state index in [1.807, 2.05) is 52.8 Å². The fraction of sp³-hybridized carbons (Fsp3) is 0.519. The Bertz CT molecular complexity index is 1360. The van der Waals surface area contributed by atoms with Gasteiger partial charge in [0, 0.05) is 29.6 Å². The molecule has 1 saturated heterocycles. The van der Waals surface area contributed by atoms with Gasteiger partial charge in [-0.05, 0) is 81.8 Å². The topological polar surface area (TPSA) is 95.9 Å².